The lowest BCUT2D eigenvalue weighted by Crippen LogP contribution is -2.35. The van der Waals surface area contributed by atoms with Crippen LogP contribution in [0.4, 0.5) is 5.95 Å². The van der Waals surface area contributed by atoms with E-state index in [1.807, 2.05) is 31.3 Å². The Morgan fingerprint density at radius 3 is 2.68 bits per heavy atom. The lowest BCUT2D eigenvalue weighted by Gasteiger charge is -2.16. The first-order chi connectivity index (χ1) is 17.9. The molecule has 1 unspecified atom stereocenters. The summed E-state index contributed by atoms with van der Waals surface area (Å²) in [5.41, 5.74) is 0.384. The topological polar surface area (TPSA) is 160 Å². The maximum Gasteiger partial charge on any atom is 0.262 e. The van der Waals surface area contributed by atoms with Crippen molar-refractivity contribution in [3.63, 3.8) is 0 Å². The zero-order chi connectivity index (χ0) is 25.6. The van der Waals surface area contributed by atoms with E-state index < -0.39 is 11.5 Å². The van der Waals surface area contributed by atoms with Gasteiger partial charge >= 0.3 is 0 Å². The SMILES string of the molecule is CC(Nc1nccc(-c2cccc(-c3cc([C@]4(O)CCN(C)C4=O)on3)n2)n1)c1nnc2ncccn12. The molecule has 0 aliphatic carbocycles. The maximum atomic E-state index is 12.4. The number of aromatic nitrogens is 8. The average molecular weight is 499 g/mol. The van der Waals surface area contributed by atoms with Crippen molar-refractivity contribution in [1.29, 1.82) is 0 Å². The van der Waals surface area contributed by atoms with E-state index in [9.17, 15) is 9.90 Å². The number of amides is 1. The Kier molecular flexibility index (Phi) is 5.34. The highest BCUT2D eigenvalue weighted by atomic mass is 16.5. The number of carbonyl (C=O) groups is 1. The largest absolute Gasteiger partial charge is 0.373 e. The van der Waals surface area contributed by atoms with Crippen LogP contribution in [0.3, 0.4) is 0 Å². The van der Waals surface area contributed by atoms with Crippen molar-refractivity contribution in [1.82, 2.24) is 44.6 Å². The molecule has 0 bridgehead atoms. The Morgan fingerprint density at radius 1 is 1.05 bits per heavy atom. The molecule has 5 aromatic rings. The number of rotatable bonds is 6. The number of pyridine rings is 1. The van der Waals surface area contributed by atoms with E-state index in [-0.39, 0.29) is 18.2 Å². The van der Waals surface area contributed by atoms with Gasteiger partial charge in [0.25, 0.3) is 11.7 Å². The summed E-state index contributed by atoms with van der Waals surface area (Å²) in [5.74, 6) is 1.26. The Labute approximate surface area is 210 Å². The molecule has 1 aliphatic rings. The molecule has 0 radical (unpaired) electrons. The van der Waals surface area contributed by atoms with Gasteiger partial charge in [0.05, 0.1) is 23.1 Å². The van der Waals surface area contributed by atoms with Crippen LogP contribution in [0.25, 0.3) is 28.6 Å². The third kappa shape index (κ3) is 3.94. The molecule has 6 rings (SSSR count). The third-order valence-electron chi connectivity index (χ3n) is 6.31. The molecule has 37 heavy (non-hydrogen) atoms. The van der Waals surface area contributed by atoms with Crippen LogP contribution in [-0.2, 0) is 10.4 Å². The van der Waals surface area contributed by atoms with Gasteiger partial charge in [-0.15, -0.1) is 10.2 Å². The minimum atomic E-state index is -1.71. The van der Waals surface area contributed by atoms with Gasteiger partial charge in [-0.05, 0) is 31.2 Å². The number of fused-ring (bicyclic) bond motifs is 1. The Bertz CT molecular complexity index is 1620. The molecule has 1 amide bonds. The molecule has 2 atom stereocenters. The Balaban J connectivity index is 1.25. The second-order valence-electron chi connectivity index (χ2n) is 8.80. The molecule has 13 heteroatoms. The van der Waals surface area contributed by atoms with Crippen molar-refractivity contribution in [2.24, 2.45) is 0 Å². The standard InChI is InChI=1S/C24H22N10O3/c1-14(20-30-31-23-26-9-4-11-34(20)23)27-22-25-10-7-17(29-22)15-5-3-6-16(28-15)18-13-19(37-32-18)24(36)8-12-33(2)21(24)35/h3-7,9-11,13-14,36H,8,12H2,1-2H3,(H,25,27,29)/t14?,24-/m1/s1. The zero-order valence-electron chi connectivity index (χ0n) is 20.0. The summed E-state index contributed by atoms with van der Waals surface area (Å²) < 4.78 is 7.16. The van der Waals surface area contributed by atoms with Crippen LogP contribution in [0.2, 0.25) is 0 Å². The van der Waals surface area contributed by atoms with E-state index in [1.54, 1.807) is 42.0 Å². The first-order valence-electron chi connectivity index (χ1n) is 11.6. The van der Waals surface area contributed by atoms with E-state index in [1.165, 1.54) is 4.90 Å². The molecule has 6 heterocycles. The second kappa shape index (κ2) is 8.71. The van der Waals surface area contributed by atoms with Crippen molar-refractivity contribution in [2.45, 2.75) is 25.0 Å². The number of likely N-dealkylation sites (tertiary alicyclic amines) is 1. The smallest absolute Gasteiger partial charge is 0.262 e. The summed E-state index contributed by atoms with van der Waals surface area (Å²) in [7, 11) is 1.64. The average Bonchev–Trinajstić information content (AvgIpc) is 3.65. The van der Waals surface area contributed by atoms with E-state index in [0.29, 0.717) is 46.9 Å². The minimum Gasteiger partial charge on any atom is -0.373 e. The summed E-state index contributed by atoms with van der Waals surface area (Å²) in [6.45, 7) is 2.37. The first kappa shape index (κ1) is 22.7. The molecule has 13 nitrogen and oxygen atoms in total. The number of likely N-dealkylation sites (N-methyl/N-ethyl adjacent to an activating group) is 1. The molecule has 1 fully saturated rings. The van der Waals surface area contributed by atoms with Gasteiger partial charge in [-0.1, -0.05) is 11.2 Å². The Hall–Kier alpha value is -4.78. The van der Waals surface area contributed by atoms with E-state index in [2.05, 4.69) is 40.6 Å². The second-order valence-corrected chi connectivity index (χ2v) is 8.80. The molecule has 5 aromatic heterocycles. The van der Waals surface area contributed by atoms with Gasteiger partial charge in [-0.2, -0.15) is 0 Å². The molecule has 1 aliphatic heterocycles. The summed E-state index contributed by atoms with van der Waals surface area (Å²) in [4.78, 5) is 31.7. The van der Waals surface area contributed by atoms with Crippen molar-refractivity contribution in [3.05, 3.63) is 66.6 Å². The molecule has 0 spiro atoms. The summed E-state index contributed by atoms with van der Waals surface area (Å²) in [6, 6.07) is 10.3. The predicted octanol–water partition coefficient (Wildman–Crippen LogP) is 1.85. The number of carbonyl (C=O) groups excluding carboxylic acids is 1. The number of hydrogen-bond acceptors (Lipinski definition) is 11. The van der Waals surface area contributed by atoms with Gasteiger partial charge in [-0.3, -0.25) is 9.20 Å². The molecule has 186 valence electrons. The summed E-state index contributed by atoms with van der Waals surface area (Å²) in [6.07, 6.45) is 5.38. The molecular weight excluding hydrogens is 476 g/mol. The van der Waals surface area contributed by atoms with Gasteiger partial charge in [0.15, 0.2) is 11.6 Å². The Morgan fingerprint density at radius 2 is 1.86 bits per heavy atom. The molecule has 2 N–H and O–H groups in total. The van der Waals surface area contributed by atoms with Gasteiger partial charge < -0.3 is 19.8 Å². The van der Waals surface area contributed by atoms with Gasteiger partial charge in [-0.25, -0.2) is 19.9 Å². The van der Waals surface area contributed by atoms with Crippen LogP contribution < -0.4 is 5.32 Å². The lowest BCUT2D eigenvalue weighted by molar-refractivity contribution is -0.144. The maximum absolute atomic E-state index is 12.4. The van der Waals surface area contributed by atoms with Crippen LogP contribution in [0.5, 0.6) is 0 Å². The summed E-state index contributed by atoms with van der Waals surface area (Å²) in [5, 5.41) is 26.4. The highest BCUT2D eigenvalue weighted by Gasteiger charge is 2.48. The normalized spacial score (nSPS) is 18.5. The number of nitrogens with zero attached hydrogens (tertiary/aromatic N) is 9. The summed E-state index contributed by atoms with van der Waals surface area (Å²) >= 11 is 0. The minimum absolute atomic E-state index is 0.0998. The van der Waals surface area contributed by atoms with Crippen molar-refractivity contribution >= 4 is 17.6 Å². The molecule has 1 saturated heterocycles. The molecular formula is C24H22N10O3. The van der Waals surface area contributed by atoms with Crippen LogP contribution in [0.1, 0.15) is 31.0 Å². The highest BCUT2D eigenvalue weighted by molar-refractivity contribution is 5.87. The fourth-order valence-corrected chi connectivity index (χ4v) is 4.28. The third-order valence-corrected chi connectivity index (χ3v) is 6.31. The zero-order valence-corrected chi connectivity index (χ0v) is 20.0. The van der Waals surface area contributed by atoms with E-state index in [0.717, 1.165) is 0 Å². The predicted molar refractivity (Wildman–Crippen MR) is 130 cm³/mol. The highest BCUT2D eigenvalue weighted by Crippen LogP contribution is 2.34. The first-order valence-corrected chi connectivity index (χ1v) is 11.6. The van der Waals surface area contributed by atoms with Crippen LogP contribution in [0.15, 0.2) is 59.5 Å². The van der Waals surface area contributed by atoms with Crippen LogP contribution in [-0.4, -0.2) is 69.2 Å². The number of hydrogen-bond donors (Lipinski definition) is 2. The number of aliphatic hydroxyl groups is 1. The molecule has 0 saturated carbocycles. The lowest BCUT2D eigenvalue weighted by atomic mass is 9.98. The fraction of sp³-hybridized carbons (Fsp3) is 0.250. The van der Waals surface area contributed by atoms with Crippen LogP contribution in [0, 0.1) is 0 Å². The quantitative estimate of drug-likeness (QED) is 0.351. The van der Waals surface area contributed by atoms with Crippen molar-refractivity contribution < 1.29 is 14.4 Å². The van der Waals surface area contributed by atoms with Gasteiger partial charge in [0.2, 0.25) is 11.5 Å². The van der Waals surface area contributed by atoms with E-state index >= 15 is 0 Å². The van der Waals surface area contributed by atoms with Crippen molar-refractivity contribution in [3.8, 4) is 22.8 Å². The van der Waals surface area contributed by atoms with Crippen molar-refractivity contribution in [2.75, 3.05) is 18.9 Å². The van der Waals surface area contributed by atoms with Gasteiger partial charge in [0.1, 0.15) is 5.69 Å². The fourth-order valence-electron chi connectivity index (χ4n) is 4.28. The monoisotopic (exact) mass is 498 g/mol. The number of nitrogens with one attached hydrogen (secondary N) is 1. The van der Waals surface area contributed by atoms with Crippen LogP contribution >= 0.6 is 0 Å². The molecule has 0 aromatic carbocycles. The number of anilines is 1. The van der Waals surface area contributed by atoms with Gasteiger partial charge in [0, 0.05) is 44.7 Å². The van der Waals surface area contributed by atoms with E-state index in [4.69, 9.17) is 4.52 Å².